The molecule has 0 aromatic heterocycles. The Morgan fingerprint density at radius 1 is 0.927 bits per heavy atom. The van der Waals surface area contributed by atoms with Crippen LogP contribution < -0.4 is 15.0 Å². The number of piperidine rings is 1. The zero-order valence-corrected chi connectivity index (χ0v) is 23.4. The lowest BCUT2D eigenvalue weighted by Gasteiger charge is -2.48. The maximum Gasteiger partial charge on any atom is 0.255 e. The van der Waals surface area contributed by atoms with Crippen LogP contribution in [-0.4, -0.2) is 85.1 Å². The number of carbonyl (C=O) groups excluding carboxylic acids is 3. The molecule has 0 spiro atoms. The minimum atomic E-state index is -0.603. The number of morpholine rings is 1. The number of amides is 3. The van der Waals surface area contributed by atoms with Gasteiger partial charge in [-0.1, -0.05) is 18.6 Å². The average molecular weight is 559 g/mol. The van der Waals surface area contributed by atoms with Gasteiger partial charge in [-0.05, 0) is 67.1 Å². The molecule has 7 rings (SSSR count). The second kappa shape index (κ2) is 11.1. The highest BCUT2D eigenvalue weighted by Crippen LogP contribution is 2.37. The van der Waals surface area contributed by atoms with Gasteiger partial charge in [-0.3, -0.25) is 24.6 Å². The van der Waals surface area contributed by atoms with Crippen molar-refractivity contribution >= 4 is 23.4 Å². The second-order valence-corrected chi connectivity index (χ2v) is 12.1. The third-order valence-corrected chi connectivity index (χ3v) is 9.55. The number of nitrogens with zero attached hydrogens (tertiary/aromatic N) is 3. The van der Waals surface area contributed by atoms with Gasteiger partial charge in [-0.25, -0.2) is 0 Å². The van der Waals surface area contributed by atoms with Crippen LogP contribution in [0.2, 0.25) is 0 Å². The van der Waals surface area contributed by atoms with Crippen LogP contribution in [0.4, 0.5) is 5.69 Å². The number of likely N-dealkylation sites (tertiary alicyclic amines) is 1. The number of fused-ring (bicyclic) bond motifs is 1. The largest absolute Gasteiger partial charge is 0.489 e. The Balaban J connectivity index is 0.991. The SMILES string of the molecule is O=C1CCC(N2Cc3cc(O[C@H]4CCCC[C@H]4N4CC(c5cccc(N6CCOCC6)c5)C4)ccc3C2=O)C(=O)N1. The van der Waals surface area contributed by atoms with Gasteiger partial charge in [0.2, 0.25) is 11.8 Å². The first-order chi connectivity index (χ1) is 20.0. The summed E-state index contributed by atoms with van der Waals surface area (Å²) in [4.78, 5) is 43.6. The van der Waals surface area contributed by atoms with Crippen LogP contribution in [0.1, 0.15) is 65.9 Å². The van der Waals surface area contributed by atoms with Gasteiger partial charge < -0.3 is 19.3 Å². The first-order valence-electron chi connectivity index (χ1n) is 15.1. The van der Waals surface area contributed by atoms with Gasteiger partial charge in [0.05, 0.1) is 13.2 Å². The van der Waals surface area contributed by atoms with E-state index in [2.05, 4.69) is 39.4 Å². The van der Waals surface area contributed by atoms with Crippen molar-refractivity contribution in [1.82, 2.24) is 15.1 Å². The summed E-state index contributed by atoms with van der Waals surface area (Å²) >= 11 is 0. The summed E-state index contributed by atoms with van der Waals surface area (Å²) in [5, 5.41) is 2.37. The van der Waals surface area contributed by atoms with E-state index >= 15 is 0 Å². The summed E-state index contributed by atoms with van der Waals surface area (Å²) in [6, 6.07) is 14.5. The van der Waals surface area contributed by atoms with Gasteiger partial charge >= 0.3 is 0 Å². The van der Waals surface area contributed by atoms with Gasteiger partial charge in [-0.2, -0.15) is 0 Å². The molecule has 3 saturated heterocycles. The predicted octanol–water partition coefficient (Wildman–Crippen LogP) is 3.07. The van der Waals surface area contributed by atoms with Crippen molar-refractivity contribution in [3.8, 4) is 5.75 Å². The highest BCUT2D eigenvalue weighted by atomic mass is 16.5. The summed E-state index contributed by atoms with van der Waals surface area (Å²) in [5.41, 5.74) is 4.22. The van der Waals surface area contributed by atoms with E-state index < -0.39 is 6.04 Å². The Labute approximate surface area is 240 Å². The van der Waals surface area contributed by atoms with Crippen LogP contribution in [0.25, 0.3) is 0 Å². The Morgan fingerprint density at radius 2 is 1.76 bits per heavy atom. The van der Waals surface area contributed by atoms with Gasteiger partial charge in [-0.15, -0.1) is 0 Å². The predicted molar refractivity (Wildman–Crippen MR) is 153 cm³/mol. The standard InChI is InChI=1S/C32H38N4O5/c37-30-11-10-28(31(38)33-30)36-20-22-17-25(8-9-26(22)32(36)39)41-29-7-2-1-6-27(29)35-18-23(19-35)21-4-3-5-24(16-21)34-12-14-40-15-13-34/h3-5,8-9,16-17,23,27-29H,1-2,6-7,10-15,18-20H2,(H,33,37,38)/t27-,28?,29+/m1/s1. The van der Waals surface area contributed by atoms with Gasteiger partial charge in [0, 0.05) is 62.4 Å². The van der Waals surface area contributed by atoms with Gasteiger partial charge in [0.25, 0.3) is 5.91 Å². The molecule has 9 nitrogen and oxygen atoms in total. The molecular formula is C32H38N4O5. The van der Waals surface area contributed by atoms with Gasteiger partial charge in [0.1, 0.15) is 17.9 Å². The van der Waals surface area contributed by atoms with E-state index in [0.717, 1.165) is 70.0 Å². The molecule has 3 amide bonds. The monoisotopic (exact) mass is 558 g/mol. The Morgan fingerprint density at radius 3 is 2.59 bits per heavy atom. The van der Waals surface area contributed by atoms with Crippen molar-refractivity contribution in [2.75, 3.05) is 44.3 Å². The number of carbonyl (C=O) groups is 3. The van der Waals surface area contributed by atoms with Crippen molar-refractivity contribution in [2.45, 2.75) is 69.2 Å². The lowest BCUT2D eigenvalue weighted by Crippen LogP contribution is -2.57. The van der Waals surface area contributed by atoms with Crippen LogP contribution in [0.5, 0.6) is 5.75 Å². The Bertz CT molecular complexity index is 1340. The molecule has 4 heterocycles. The number of anilines is 1. The number of hydrogen-bond acceptors (Lipinski definition) is 7. The molecule has 1 saturated carbocycles. The molecule has 4 aliphatic heterocycles. The summed E-state index contributed by atoms with van der Waals surface area (Å²) in [6.07, 6.45) is 5.28. The van der Waals surface area contributed by atoms with E-state index in [1.165, 1.54) is 17.7 Å². The van der Waals surface area contributed by atoms with Crippen LogP contribution in [0.15, 0.2) is 42.5 Å². The highest BCUT2D eigenvalue weighted by Gasteiger charge is 2.41. The number of hydrogen-bond donors (Lipinski definition) is 1. The molecule has 2 aromatic carbocycles. The fraction of sp³-hybridized carbons (Fsp3) is 0.531. The molecule has 1 unspecified atom stereocenters. The Kier molecular flexibility index (Phi) is 7.16. The lowest BCUT2D eigenvalue weighted by molar-refractivity contribution is -0.136. The van der Waals surface area contributed by atoms with Crippen molar-refractivity contribution in [3.05, 3.63) is 59.2 Å². The molecule has 5 aliphatic rings. The summed E-state index contributed by atoms with van der Waals surface area (Å²) in [6.45, 7) is 5.96. The minimum absolute atomic E-state index is 0.116. The Hall–Kier alpha value is -3.43. The maximum atomic E-state index is 13.1. The second-order valence-electron chi connectivity index (χ2n) is 12.1. The smallest absolute Gasteiger partial charge is 0.255 e. The molecule has 0 bridgehead atoms. The van der Waals surface area contributed by atoms with Crippen LogP contribution in [-0.2, 0) is 20.9 Å². The van der Waals surface area contributed by atoms with Crippen molar-refractivity contribution < 1.29 is 23.9 Å². The molecular weight excluding hydrogens is 520 g/mol. The lowest BCUT2D eigenvalue weighted by atomic mass is 9.84. The zero-order chi connectivity index (χ0) is 27.9. The summed E-state index contributed by atoms with van der Waals surface area (Å²) < 4.78 is 12.2. The van der Waals surface area contributed by atoms with E-state index in [1.807, 2.05) is 18.2 Å². The third kappa shape index (κ3) is 5.21. The zero-order valence-electron chi connectivity index (χ0n) is 23.4. The molecule has 4 fully saturated rings. The third-order valence-electron chi connectivity index (χ3n) is 9.55. The first-order valence-corrected chi connectivity index (χ1v) is 15.1. The van der Waals surface area contributed by atoms with Crippen LogP contribution in [0, 0.1) is 0 Å². The van der Waals surface area contributed by atoms with Crippen molar-refractivity contribution in [2.24, 2.45) is 0 Å². The number of benzene rings is 2. The van der Waals surface area contributed by atoms with E-state index in [-0.39, 0.29) is 30.2 Å². The molecule has 1 N–H and O–H groups in total. The van der Waals surface area contributed by atoms with Gasteiger partial charge in [0.15, 0.2) is 0 Å². The van der Waals surface area contributed by atoms with E-state index in [4.69, 9.17) is 9.47 Å². The average Bonchev–Trinajstić information content (AvgIpc) is 3.29. The van der Waals surface area contributed by atoms with Crippen LogP contribution >= 0.6 is 0 Å². The normalized spacial score (nSPS) is 27.4. The summed E-state index contributed by atoms with van der Waals surface area (Å²) in [5.74, 6) is 0.519. The van der Waals surface area contributed by atoms with E-state index in [9.17, 15) is 14.4 Å². The number of imide groups is 1. The summed E-state index contributed by atoms with van der Waals surface area (Å²) in [7, 11) is 0. The van der Waals surface area contributed by atoms with Crippen LogP contribution in [0.3, 0.4) is 0 Å². The van der Waals surface area contributed by atoms with Crippen molar-refractivity contribution in [1.29, 1.82) is 0 Å². The van der Waals surface area contributed by atoms with E-state index in [0.29, 0.717) is 30.5 Å². The maximum absolute atomic E-state index is 13.1. The molecule has 9 heteroatoms. The molecule has 0 radical (unpaired) electrons. The van der Waals surface area contributed by atoms with E-state index in [1.54, 1.807) is 4.90 Å². The molecule has 216 valence electrons. The fourth-order valence-corrected chi connectivity index (χ4v) is 7.22. The number of ether oxygens (including phenoxy) is 2. The molecule has 2 aromatic rings. The van der Waals surface area contributed by atoms with Crippen molar-refractivity contribution in [3.63, 3.8) is 0 Å². The topological polar surface area (TPSA) is 91.4 Å². The minimum Gasteiger partial charge on any atom is -0.489 e. The fourth-order valence-electron chi connectivity index (χ4n) is 7.22. The molecule has 3 atom stereocenters. The quantitative estimate of drug-likeness (QED) is 0.545. The molecule has 41 heavy (non-hydrogen) atoms. The number of nitrogens with one attached hydrogen (secondary N) is 1. The first kappa shape index (κ1) is 26.5. The molecule has 1 aliphatic carbocycles. The highest BCUT2D eigenvalue weighted by molar-refractivity contribution is 6.05. The number of rotatable bonds is 6.